The molecule has 1 heterocycles. The van der Waals surface area contributed by atoms with Crippen molar-refractivity contribution in [2.75, 3.05) is 0 Å². The minimum Gasteiger partial charge on any atom is -0.459 e. The molecule has 7 nitrogen and oxygen atoms in total. The lowest BCUT2D eigenvalue weighted by molar-refractivity contribution is -0.385. The maximum absolute atomic E-state index is 13.0. The minimum absolute atomic E-state index is 0.0379. The number of nitro benzene ring substituents is 1. The van der Waals surface area contributed by atoms with Crippen molar-refractivity contribution < 1.29 is 18.5 Å². The number of nitro groups is 1. The normalized spacial score (nSPS) is 10.7. The molecule has 2 aromatic rings. The monoisotopic (exact) mass is 277 g/mol. The van der Waals surface area contributed by atoms with Gasteiger partial charge in [-0.05, 0) is 24.3 Å². The van der Waals surface area contributed by atoms with Gasteiger partial charge in [-0.15, -0.1) is 0 Å². The van der Waals surface area contributed by atoms with Crippen molar-refractivity contribution in [2.24, 2.45) is 5.10 Å². The molecule has 0 spiro atoms. The van der Waals surface area contributed by atoms with Crippen LogP contribution in [-0.4, -0.2) is 17.0 Å². The molecule has 0 saturated heterocycles. The fourth-order valence-electron chi connectivity index (χ4n) is 1.42. The Kier molecular flexibility index (Phi) is 3.85. The van der Waals surface area contributed by atoms with Crippen LogP contribution in [0, 0.1) is 15.9 Å². The van der Waals surface area contributed by atoms with E-state index in [0.717, 1.165) is 24.4 Å². The summed E-state index contributed by atoms with van der Waals surface area (Å²) in [4.78, 5) is 21.5. The van der Waals surface area contributed by atoms with Crippen LogP contribution in [0.2, 0.25) is 0 Å². The Morgan fingerprint density at radius 1 is 1.45 bits per heavy atom. The molecule has 102 valence electrons. The Bertz CT molecular complexity index is 667. The SMILES string of the molecule is O=C(N/N=C/c1cc(F)ccc1[N+](=O)[O-])c1ccco1. The molecule has 2 rings (SSSR count). The van der Waals surface area contributed by atoms with E-state index in [1.807, 2.05) is 0 Å². The number of carbonyl (C=O) groups is 1. The summed E-state index contributed by atoms with van der Waals surface area (Å²) in [6, 6.07) is 5.88. The van der Waals surface area contributed by atoms with E-state index in [9.17, 15) is 19.3 Å². The fraction of sp³-hybridized carbons (Fsp3) is 0. The van der Waals surface area contributed by atoms with Gasteiger partial charge in [-0.25, -0.2) is 9.82 Å². The lowest BCUT2D eigenvalue weighted by atomic mass is 10.2. The number of nitrogens with zero attached hydrogens (tertiary/aromatic N) is 2. The Labute approximate surface area is 111 Å². The molecule has 20 heavy (non-hydrogen) atoms. The highest BCUT2D eigenvalue weighted by atomic mass is 19.1. The number of hydrogen-bond donors (Lipinski definition) is 1. The van der Waals surface area contributed by atoms with E-state index >= 15 is 0 Å². The van der Waals surface area contributed by atoms with Crippen molar-refractivity contribution in [3.8, 4) is 0 Å². The first kappa shape index (κ1) is 13.4. The Morgan fingerprint density at radius 3 is 2.90 bits per heavy atom. The second kappa shape index (κ2) is 5.74. The summed E-state index contributed by atoms with van der Waals surface area (Å²) in [7, 11) is 0. The lowest BCUT2D eigenvalue weighted by Crippen LogP contribution is -2.16. The zero-order valence-corrected chi connectivity index (χ0v) is 9.95. The number of halogens is 1. The van der Waals surface area contributed by atoms with Gasteiger partial charge in [-0.2, -0.15) is 5.10 Å². The predicted octanol–water partition coefficient (Wildman–Crippen LogP) is 2.09. The van der Waals surface area contributed by atoms with Crippen molar-refractivity contribution in [2.45, 2.75) is 0 Å². The number of benzene rings is 1. The van der Waals surface area contributed by atoms with Gasteiger partial charge in [0.1, 0.15) is 5.82 Å². The molecule has 0 aliphatic heterocycles. The maximum atomic E-state index is 13.0. The van der Waals surface area contributed by atoms with Crippen LogP contribution in [0.3, 0.4) is 0 Å². The highest BCUT2D eigenvalue weighted by molar-refractivity contribution is 5.92. The van der Waals surface area contributed by atoms with Crippen molar-refractivity contribution in [1.29, 1.82) is 0 Å². The average Bonchev–Trinajstić information content (AvgIpc) is 2.92. The number of nitrogens with one attached hydrogen (secondary N) is 1. The molecule has 0 fully saturated rings. The first-order chi connectivity index (χ1) is 9.58. The molecular formula is C12H8FN3O4. The molecule has 0 bridgehead atoms. The quantitative estimate of drug-likeness (QED) is 0.525. The number of carbonyl (C=O) groups excluding carboxylic acids is 1. The second-order valence-corrected chi connectivity index (χ2v) is 3.64. The van der Waals surface area contributed by atoms with E-state index in [4.69, 9.17) is 4.42 Å². The van der Waals surface area contributed by atoms with Crippen LogP contribution in [-0.2, 0) is 0 Å². The highest BCUT2D eigenvalue weighted by Crippen LogP contribution is 2.17. The van der Waals surface area contributed by atoms with Crippen LogP contribution in [0.15, 0.2) is 46.1 Å². The van der Waals surface area contributed by atoms with Crippen LogP contribution in [0.5, 0.6) is 0 Å². The Balaban J connectivity index is 2.13. The summed E-state index contributed by atoms with van der Waals surface area (Å²) >= 11 is 0. The van der Waals surface area contributed by atoms with Gasteiger partial charge in [0, 0.05) is 6.07 Å². The molecule has 0 aliphatic rings. The molecule has 0 atom stereocenters. The van der Waals surface area contributed by atoms with E-state index in [0.29, 0.717) is 0 Å². The smallest absolute Gasteiger partial charge is 0.307 e. The molecule has 0 unspecified atom stereocenters. The first-order valence-electron chi connectivity index (χ1n) is 5.39. The van der Waals surface area contributed by atoms with Gasteiger partial charge in [0.25, 0.3) is 5.69 Å². The standard InChI is InChI=1S/C12H8FN3O4/c13-9-3-4-10(16(18)19)8(6-9)7-14-15-12(17)11-2-1-5-20-11/h1-7H,(H,15,17)/b14-7+. The number of furan rings is 1. The second-order valence-electron chi connectivity index (χ2n) is 3.64. The largest absolute Gasteiger partial charge is 0.459 e. The van der Waals surface area contributed by atoms with Crippen LogP contribution < -0.4 is 5.43 Å². The van der Waals surface area contributed by atoms with Gasteiger partial charge in [0.2, 0.25) is 0 Å². The van der Waals surface area contributed by atoms with Gasteiger partial charge < -0.3 is 4.42 Å². The van der Waals surface area contributed by atoms with Crippen LogP contribution in [0.1, 0.15) is 16.1 Å². The summed E-state index contributed by atoms with van der Waals surface area (Å²) in [5, 5.41) is 14.3. The van der Waals surface area contributed by atoms with Gasteiger partial charge >= 0.3 is 5.91 Å². The summed E-state index contributed by atoms with van der Waals surface area (Å²) in [5.41, 5.74) is 1.73. The van der Waals surface area contributed by atoms with E-state index in [1.54, 1.807) is 0 Å². The van der Waals surface area contributed by atoms with Crippen LogP contribution in [0.4, 0.5) is 10.1 Å². The molecule has 1 aromatic carbocycles. The number of amides is 1. The summed E-state index contributed by atoms with van der Waals surface area (Å²) in [6.07, 6.45) is 2.30. The van der Waals surface area contributed by atoms with Gasteiger partial charge in [0.05, 0.1) is 23.0 Å². The molecule has 0 aliphatic carbocycles. The highest BCUT2D eigenvalue weighted by Gasteiger charge is 2.13. The summed E-state index contributed by atoms with van der Waals surface area (Å²) in [5.74, 6) is -1.23. The van der Waals surface area contributed by atoms with E-state index in [1.165, 1.54) is 18.4 Å². The third kappa shape index (κ3) is 3.05. The predicted molar refractivity (Wildman–Crippen MR) is 66.8 cm³/mol. The fourth-order valence-corrected chi connectivity index (χ4v) is 1.42. The lowest BCUT2D eigenvalue weighted by Gasteiger charge is -1.98. The van der Waals surface area contributed by atoms with E-state index in [2.05, 4.69) is 10.5 Å². The zero-order valence-electron chi connectivity index (χ0n) is 9.95. The zero-order chi connectivity index (χ0) is 14.5. The van der Waals surface area contributed by atoms with E-state index < -0.39 is 16.6 Å². The topological polar surface area (TPSA) is 97.7 Å². The third-order valence-corrected chi connectivity index (χ3v) is 2.30. The van der Waals surface area contributed by atoms with Crippen LogP contribution in [0.25, 0.3) is 0 Å². The van der Waals surface area contributed by atoms with Crippen molar-refractivity contribution in [1.82, 2.24) is 5.43 Å². The van der Waals surface area contributed by atoms with Gasteiger partial charge in [-0.3, -0.25) is 14.9 Å². The van der Waals surface area contributed by atoms with Crippen LogP contribution >= 0.6 is 0 Å². The van der Waals surface area contributed by atoms with Gasteiger partial charge in [-0.1, -0.05) is 0 Å². The molecule has 1 aromatic heterocycles. The number of hydrazone groups is 1. The molecule has 8 heteroatoms. The molecule has 1 N–H and O–H groups in total. The summed E-state index contributed by atoms with van der Waals surface area (Å²) in [6.45, 7) is 0. The first-order valence-corrected chi connectivity index (χ1v) is 5.39. The van der Waals surface area contributed by atoms with Gasteiger partial charge in [0.15, 0.2) is 5.76 Å². The third-order valence-electron chi connectivity index (χ3n) is 2.30. The van der Waals surface area contributed by atoms with Crippen molar-refractivity contribution >= 4 is 17.8 Å². The Hall–Kier alpha value is -3.03. The van der Waals surface area contributed by atoms with Crippen molar-refractivity contribution in [3.63, 3.8) is 0 Å². The molecule has 1 amide bonds. The molecule has 0 saturated carbocycles. The average molecular weight is 277 g/mol. The maximum Gasteiger partial charge on any atom is 0.307 e. The number of hydrogen-bond acceptors (Lipinski definition) is 5. The molecular weight excluding hydrogens is 269 g/mol. The summed E-state index contributed by atoms with van der Waals surface area (Å²) < 4.78 is 17.9. The van der Waals surface area contributed by atoms with E-state index in [-0.39, 0.29) is 17.0 Å². The Morgan fingerprint density at radius 2 is 2.25 bits per heavy atom. The number of rotatable bonds is 4. The van der Waals surface area contributed by atoms with Crippen molar-refractivity contribution in [3.05, 3.63) is 63.9 Å². The minimum atomic E-state index is -0.671. The molecule has 0 radical (unpaired) electrons.